The predicted octanol–water partition coefficient (Wildman–Crippen LogP) is 0.328. The van der Waals surface area contributed by atoms with E-state index in [1.165, 1.54) is 4.90 Å². The molecule has 0 saturated carbocycles. The normalized spacial score (nSPS) is 18.4. The van der Waals surface area contributed by atoms with Crippen molar-refractivity contribution in [1.82, 2.24) is 4.90 Å². The SMILES string of the molecule is COc1ccc(N2CCN(C(=O)CCCS(N)(=O)=O)[C@@H](C)C2=O)cc1. The molecule has 0 unspecified atom stereocenters. The van der Waals surface area contributed by atoms with E-state index in [2.05, 4.69) is 0 Å². The molecule has 8 nitrogen and oxygen atoms in total. The molecule has 1 aliphatic heterocycles. The fourth-order valence-corrected chi connectivity index (χ4v) is 3.34. The summed E-state index contributed by atoms with van der Waals surface area (Å²) in [5.41, 5.74) is 0.749. The Morgan fingerprint density at radius 2 is 1.92 bits per heavy atom. The molecule has 1 saturated heterocycles. The third kappa shape index (κ3) is 4.93. The Hall–Kier alpha value is -2.13. The summed E-state index contributed by atoms with van der Waals surface area (Å²) in [4.78, 5) is 28.0. The van der Waals surface area contributed by atoms with E-state index in [0.29, 0.717) is 18.8 Å². The highest BCUT2D eigenvalue weighted by atomic mass is 32.2. The van der Waals surface area contributed by atoms with Gasteiger partial charge in [-0.2, -0.15) is 0 Å². The number of methoxy groups -OCH3 is 1. The van der Waals surface area contributed by atoms with Crippen LogP contribution in [0, 0.1) is 0 Å². The third-order valence-corrected chi connectivity index (χ3v) is 5.04. The van der Waals surface area contributed by atoms with Crippen LogP contribution in [0.15, 0.2) is 24.3 Å². The number of piperazine rings is 1. The minimum Gasteiger partial charge on any atom is -0.497 e. The number of nitrogens with zero attached hydrogens (tertiary/aromatic N) is 2. The standard InChI is InChI=1S/C16H23N3O5S/c1-12-16(21)19(13-5-7-14(24-2)8-6-13)10-9-18(12)15(20)4-3-11-25(17,22)23/h5-8,12H,3-4,9-11H2,1-2H3,(H2,17,22,23)/t12-/m0/s1. The van der Waals surface area contributed by atoms with Gasteiger partial charge in [-0.1, -0.05) is 0 Å². The molecule has 1 aromatic rings. The van der Waals surface area contributed by atoms with Crippen LogP contribution in [0.1, 0.15) is 19.8 Å². The second-order valence-electron chi connectivity index (χ2n) is 5.92. The monoisotopic (exact) mass is 369 g/mol. The third-order valence-electron chi connectivity index (χ3n) is 4.18. The molecule has 1 heterocycles. The van der Waals surface area contributed by atoms with E-state index in [4.69, 9.17) is 9.88 Å². The Balaban J connectivity index is 1.99. The van der Waals surface area contributed by atoms with Crippen LogP contribution in [0.25, 0.3) is 0 Å². The molecule has 1 atom stereocenters. The number of ether oxygens (including phenoxy) is 1. The van der Waals surface area contributed by atoms with Crippen LogP contribution < -0.4 is 14.8 Å². The van der Waals surface area contributed by atoms with Crippen molar-refractivity contribution in [2.75, 3.05) is 30.9 Å². The van der Waals surface area contributed by atoms with Crippen LogP contribution in [0.2, 0.25) is 0 Å². The number of carbonyl (C=O) groups excluding carboxylic acids is 2. The Bertz CT molecular complexity index is 733. The fourth-order valence-electron chi connectivity index (χ4n) is 2.80. The summed E-state index contributed by atoms with van der Waals surface area (Å²) in [5, 5.41) is 4.93. The van der Waals surface area contributed by atoms with Gasteiger partial charge in [0.1, 0.15) is 11.8 Å². The zero-order valence-electron chi connectivity index (χ0n) is 14.3. The summed E-state index contributed by atoms with van der Waals surface area (Å²) >= 11 is 0. The second-order valence-corrected chi connectivity index (χ2v) is 7.66. The van der Waals surface area contributed by atoms with Crippen molar-refractivity contribution in [2.24, 2.45) is 5.14 Å². The van der Waals surface area contributed by atoms with Gasteiger partial charge in [-0.15, -0.1) is 0 Å². The summed E-state index contributed by atoms with van der Waals surface area (Å²) in [6.07, 6.45) is 0.202. The number of hydrogen-bond acceptors (Lipinski definition) is 5. The van der Waals surface area contributed by atoms with Crippen LogP contribution in [0.4, 0.5) is 5.69 Å². The van der Waals surface area contributed by atoms with E-state index in [1.807, 2.05) is 0 Å². The van der Waals surface area contributed by atoms with Gasteiger partial charge in [0.05, 0.1) is 12.9 Å². The maximum absolute atomic E-state index is 12.6. The van der Waals surface area contributed by atoms with Crippen LogP contribution in [-0.4, -0.2) is 57.1 Å². The number of sulfonamides is 1. The van der Waals surface area contributed by atoms with Gasteiger partial charge in [0.25, 0.3) is 0 Å². The lowest BCUT2D eigenvalue weighted by Crippen LogP contribution is -2.57. The molecule has 1 aliphatic rings. The molecule has 0 radical (unpaired) electrons. The van der Waals surface area contributed by atoms with E-state index in [1.54, 1.807) is 43.2 Å². The number of carbonyl (C=O) groups is 2. The average molecular weight is 369 g/mol. The Morgan fingerprint density at radius 3 is 2.48 bits per heavy atom. The molecule has 1 aromatic carbocycles. The molecule has 2 amide bonds. The minimum absolute atomic E-state index is 0.0522. The zero-order chi connectivity index (χ0) is 18.6. The Labute approximate surface area is 147 Å². The summed E-state index contributed by atoms with van der Waals surface area (Å²) < 4.78 is 27.0. The summed E-state index contributed by atoms with van der Waals surface area (Å²) in [6, 6.07) is 6.55. The van der Waals surface area contributed by atoms with Gasteiger partial charge >= 0.3 is 0 Å². The number of nitrogens with two attached hydrogens (primary N) is 1. The largest absolute Gasteiger partial charge is 0.497 e. The van der Waals surface area contributed by atoms with E-state index >= 15 is 0 Å². The first kappa shape index (κ1) is 19.2. The van der Waals surface area contributed by atoms with Gasteiger partial charge in [-0.3, -0.25) is 9.59 Å². The Kier molecular flexibility index (Phi) is 6.02. The van der Waals surface area contributed by atoms with E-state index in [9.17, 15) is 18.0 Å². The predicted molar refractivity (Wildman–Crippen MR) is 93.7 cm³/mol. The van der Waals surface area contributed by atoms with Crippen molar-refractivity contribution >= 4 is 27.5 Å². The lowest BCUT2D eigenvalue weighted by Gasteiger charge is -2.39. The van der Waals surface area contributed by atoms with Crippen molar-refractivity contribution in [1.29, 1.82) is 0 Å². The summed E-state index contributed by atoms with van der Waals surface area (Å²) in [5.74, 6) is 0.0513. The first-order valence-electron chi connectivity index (χ1n) is 7.98. The first-order chi connectivity index (χ1) is 11.7. The molecule has 0 aliphatic carbocycles. The van der Waals surface area contributed by atoms with Gasteiger partial charge in [0.15, 0.2) is 0 Å². The maximum atomic E-state index is 12.6. The van der Waals surface area contributed by atoms with Crippen molar-refractivity contribution < 1.29 is 22.7 Å². The van der Waals surface area contributed by atoms with Gasteiger partial charge in [-0.25, -0.2) is 13.6 Å². The summed E-state index contributed by atoms with van der Waals surface area (Å²) in [6.45, 7) is 2.46. The van der Waals surface area contributed by atoms with E-state index in [0.717, 1.165) is 5.69 Å². The van der Waals surface area contributed by atoms with Crippen LogP contribution in [-0.2, 0) is 19.6 Å². The van der Waals surface area contributed by atoms with Crippen molar-refractivity contribution in [3.8, 4) is 5.75 Å². The first-order valence-corrected chi connectivity index (χ1v) is 9.70. The van der Waals surface area contributed by atoms with Gasteiger partial charge in [0, 0.05) is 25.2 Å². The van der Waals surface area contributed by atoms with Crippen molar-refractivity contribution in [3.63, 3.8) is 0 Å². The number of anilines is 1. The Morgan fingerprint density at radius 1 is 1.28 bits per heavy atom. The molecular formula is C16H23N3O5S. The maximum Gasteiger partial charge on any atom is 0.249 e. The number of amides is 2. The van der Waals surface area contributed by atoms with Crippen LogP contribution in [0.3, 0.4) is 0 Å². The molecule has 2 N–H and O–H groups in total. The molecule has 0 aromatic heterocycles. The molecular weight excluding hydrogens is 346 g/mol. The van der Waals surface area contributed by atoms with Gasteiger partial charge in [-0.05, 0) is 37.6 Å². The lowest BCUT2D eigenvalue weighted by molar-refractivity contribution is -0.140. The molecule has 0 bridgehead atoms. The number of rotatable bonds is 6. The smallest absolute Gasteiger partial charge is 0.249 e. The molecule has 0 spiro atoms. The van der Waals surface area contributed by atoms with Gasteiger partial charge < -0.3 is 14.5 Å². The molecule has 138 valence electrons. The molecule has 2 rings (SSSR count). The van der Waals surface area contributed by atoms with Gasteiger partial charge in [0.2, 0.25) is 21.8 Å². The number of hydrogen-bond donors (Lipinski definition) is 1. The number of benzene rings is 1. The topological polar surface area (TPSA) is 110 Å². The highest BCUT2D eigenvalue weighted by molar-refractivity contribution is 7.89. The zero-order valence-corrected chi connectivity index (χ0v) is 15.2. The minimum atomic E-state index is -3.58. The van der Waals surface area contributed by atoms with E-state index < -0.39 is 16.1 Å². The highest BCUT2D eigenvalue weighted by Gasteiger charge is 2.34. The van der Waals surface area contributed by atoms with Crippen molar-refractivity contribution in [3.05, 3.63) is 24.3 Å². The lowest BCUT2D eigenvalue weighted by atomic mass is 10.1. The quantitative estimate of drug-likeness (QED) is 0.777. The molecule has 1 fully saturated rings. The molecule has 9 heteroatoms. The average Bonchev–Trinajstić information content (AvgIpc) is 2.56. The number of primary sulfonamides is 1. The fraction of sp³-hybridized carbons (Fsp3) is 0.500. The van der Waals surface area contributed by atoms with Crippen LogP contribution >= 0.6 is 0 Å². The van der Waals surface area contributed by atoms with E-state index in [-0.39, 0.29) is 30.4 Å². The summed E-state index contributed by atoms with van der Waals surface area (Å²) in [7, 11) is -2.01. The van der Waals surface area contributed by atoms with Crippen molar-refractivity contribution in [2.45, 2.75) is 25.8 Å². The molecule has 25 heavy (non-hydrogen) atoms. The highest BCUT2D eigenvalue weighted by Crippen LogP contribution is 2.23. The van der Waals surface area contributed by atoms with Crippen LogP contribution in [0.5, 0.6) is 5.75 Å². The second kappa shape index (κ2) is 7.83.